The van der Waals surface area contributed by atoms with Gasteiger partial charge in [-0.25, -0.2) is 0 Å². The molecule has 4 rings (SSSR count). The highest BCUT2D eigenvalue weighted by molar-refractivity contribution is 5.93. The third-order valence-electron chi connectivity index (χ3n) is 3.86. The topological polar surface area (TPSA) is 75.8 Å². The first-order valence-corrected chi connectivity index (χ1v) is 6.91. The van der Waals surface area contributed by atoms with Crippen LogP contribution in [0.3, 0.4) is 0 Å². The Morgan fingerprint density at radius 2 is 2.19 bits per heavy atom. The van der Waals surface area contributed by atoms with Gasteiger partial charge in [-0.15, -0.1) is 0 Å². The van der Waals surface area contributed by atoms with Crippen LogP contribution < -0.4 is 4.74 Å². The van der Waals surface area contributed by atoms with Crippen molar-refractivity contribution < 1.29 is 19.2 Å². The van der Waals surface area contributed by atoms with E-state index in [1.165, 1.54) is 4.90 Å². The number of aliphatic hydroxyl groups excluding tert-OH is 1. The van der Waals surface area contributed by atoms with Crippen LogP contribution in [-0.4, -0.2) is 46.9 Å². The average molecular weight is 286 g/mol. The monoisotopic (exact) mass is 286 g/mol. The predicted octanol–water partition coefficient (Wildman–Crippen LogP) is 1.09. The highest BCUT2D eigenvalue weighted by Crippen LogP contribution is 2.30. The molecule has 2 aliphatic heterocycles. The van der Waals surface area contributed by atoms with Crippen molar-refractivity contribution in [3.8, 4) is 17.0 Å². The van der Waals surface area contributed by atoms with Gasteiger partial charge in [-0.2, -0.15) is 0 Å². The molecule has 0 bridgehead atoms. The zero-order valence-corrected chi connectivity index (χ0v) is 11.3. The number of ether oxygens (including phenoxy) is 1. The maximum atomic E-state index is 12.1. The lowest BCUT2D eigenvalue weighted by Crippen LogP contribution is -2.53. The molecule has 1 amide bonds. The van der Waals surface area contributed by atoms with Gasteiger partial charge in [0.25, 0.3) is 5.91 Å². The highest BCUT2D eigenvalue weighted by Gasteiger charge is 2.31. The van der Waals surface area contributed by atoms with E-state index in [4.69, 9.17) is 9.26 Å². The number of hydrogen-bond donors (Lipinski definition) is 1. The van der Waals surface area contributed by atoms with Crippen LogP contribution in [0.15, 0.2) is 28.8 Å². The molecule has 2 aliphatic rings. The minimum Gasteiger partial charge on any atom is -0.493 e. The van der Waals surface area contributed by atoms with Gasteiger partial charge in [0.1, 0.15) is 11.4 Å². The quantitative estimate of drug-likeness (QED) is 0.894. The molecule has 21 heavy (non-hydrogen) atoms. The molecular formula is C15H14N2O4. The van der Waals surface area contributed by atoms with Crippen molar-refractivity contribution in [3.63, 3.8) is 0 Å². The summed E-state index contributed by atoms with van der Waals surface area (Å²) in [4.78, 5) is 13.6. The minimum atomic E-state index is -0.423. The summed E-state index contributed by atoms with van der Waals surface area (Å²) in [5.74, 6) is 0.880. The van der Waals surface area contributed by atoms with Crippen molar-refractivity contribution in [2.45, 2.75) is 12.5 Å². The molecule has 1 fully saturated rings. The third-order valence-corrected chi connectivity index (χ3v) is 3.86. The fourth-order valence-corrected chi connectivity index (χ4v) is 2.63. The Morgan fingerprint density at radius 1 is 1.33 bits per heavy atom. The Hall–Kier alpha value is -2.34. The van der Waals surface area contributed by atoms with Gasteiger partial charge in [0.05, 0.1) is 12.7 Å². The van der Waals surface area contributed by atoms with Gasteiger partial charge < -0.3 is 19.3 Å². The smallest absolute Gasteiger partial charge is 0.292 e. The molecule has 0 unspecified atom stereocenters. The molecule has 1 aromatic heterocycles. The summed E-state index contributed by atoms with van der Waals surface area (Å²) in [6, 6.07) is 7.48. The minimum absolute atomic E-state index is 0.202. The first-order valence-electron chi connectivity index (χ1n) is 6.91. The van der Waals surface area contributed by atoms with Crippen molar-refractivity contribution in [1.29, 1.82) is 0 Å². The number of carbonyl (C=O) groups excluding carboxylic acids is 1. The van der Waals surface area contributed by atoms with E-state index < -0.39 is 6.10 Å². The third kappa shape index (κ3) is 2.08. The lowest BCUT2D eigenvalue weighted by molar-refractivity contribution is 0.00342. The molecule has 108 valence electrons. The van der Waals surface area contributed by atoms with E-state index >= 15 is 0 Å². The molecular weight excluding hydrogens is 272 g/mol. The van der Waals surface area contributed by atoms with Crippen LogP contribution in [0.2, 0.25) is 0 Å². The Labute approximate surface area is 120 Å². The first-order chi connectivity index (χ1) is 10.2. The Balaban J connectivity index is 1.58. The number of β-amino-alcohol motifs (C(OH)–C–C–N with tert-alkyl or cyclic N) is 1. The van der Waals surface area contributed by atoms with Gasteiger partial charge in [0, 0.05) is 31.1 Å². The number of carbonyl (C=O) groups is 1. The summed E-state index contributed by atoms with van der Waals surface area (Å²) in [5.41, 5.74) is 2.69. The molecule has 0 spiro atoms. The summed E-state index contributed by atoms with van der Waals surface area (Å²) < 4.78 is 10.6. The SMILES string of the molecule is O=C(c1cc(-c2ccc3c(c2)CCO3)no1)N1CC(O)C1. The number of aliphatic hydroxyl groups is 1. The van der Waals surface area contributed by atoms with Crippen LogP contribution in [-0.2, 0) is 6.42 Å². The first kappa shape index (κ1) is 12.4. The molecule has 0 radical (unpaired) electrons. The molecule has 0 saturated carbocycles. The highest BCUT2D eigenvalue weighted by atomic mass is 16.5. The van der Waals surface area contributed by atoms with Gasteiger partial charge in [0.15, 0.2) is 0 Å². The Bertz CT molecular complexity index is 703. The standard InChI is InChI=1S/C15H14N2O4/c18-11-7-17(8-11)15(19)14-6-12(16-21-14)9-1-2-13-10(5-9)3-4-20-13/h1-2,5-6,11,18H,3-4,7-8H2. The second-order valence-corrected chi connectivity index (χ2v) is 5.36. The van der Waals surface area contributed by atoms with Crippen LogP contribution in [0.1, 0.15) is 16.1 Å². The fourth-order valence-electron chi connectivity index (χ4n) is 2.63. The molecule has 6 heteroatoms. The fraction of sp³-hybridized carbons (Fsp3) is 0.333. The maximum absolute atomic E-state index is 12.1. The lowest BCUT2D eigenvalue weighted by Gasteiger charge is -2.34. The number of amides is 1. The van der Waals surface area contributed by atoms with E-state index in [1.54, 1.807) is 6.07 Å². The van der Waals surface area contributed by atoms with Crippen LogP contribution in [0, 0.1) is 0 Å². The molecule has 3 heterocycles. The number of rotatable bonds is 2. The van der Waals surface area contributed by atoms with E-state index in [9.17, 15) is 9.90 Å². The largest absolute Gasteiger partial charge is 0.493 e. The average Bonchev–Trinajstić information content (AvgIpc) is 3.10. The van der Waals surface area contributed by atoms with Crippen LogP contribution >= 0.6 is 0 Å². The van der Waals surface area contributed by atoms with E-state index in [-0.39, 0.29) is 11.7 Å². The van der Waals surface area contributed by atoms with E-state index in [0.717, 1.165) is 23.3 Å². The van der Waals surface area contributed by atoms with Gasteiger partial charge in [-0.3, -0.25) is 4.79 Å². The van der Waals surface area contributed by atoms with Gasteiger partial charge in [-0.1, -0.05) is 5.16 Å². The molecule has 1 N–H and O–H groups in total. The number of hydrogen-bond acceptors (Lipinski definition) is 5. The second-order valence-electron chi connectivity index (χ2n) is 5.36. The van der Waals surface area contributed by atoms with Crippen molar-refractivity contribution in [2.75, 3.05) is 19.7 Å². The summed E-state index contributed by atoms with van der Waals surface area (Å²) in [6.45, 7) is 1.41. The van der Waals surface area contributed by atoms with E-state index in [0.29, 0.717) is 25.4 Å². The van der Waals surface area contributed by atoms with Crippen LogP contribution in [0.5, 0.6) is 5.75 Å². The number of benzene rings is 1. The Kier molecular flexibility index (Phi) is 2.71. The zero-order chi connectivity index (χ0) is 14.4. The molecule has 1 saturated heterocycles. The van der Waals surface area contributed by atoms with Crippen molar-refractivity contribution in [3.05, 3.63) is 35.6 Å². The molecule has 6 nitrogen and oxygen atoms in total. The molecule has 2 aromatic rings. The van der Waals surface area contributed by atoms with E-state index in [1.807, 2.05) is 18.2 Å². The summed E-state index contributed by atoms with van der Waals surface area (Å²) in [5, 5.41) is 13.2. The number of aromatic nitrogens is 1. The molecule has 0 atom stereocenters. The molecule has 0 aliphatic carbocycles. The number of nitrogens with zero attached hydrogens (tertiary/aromatic N) is 2. The molecule has 1 aromatic carbocycles. The second kappa shape index (κ2) is 4.60. The number of fused-ring (bicyclic) bond motifs is 1. The normalized spacial score (nSPS) is 17.3. The van der Waals surface area contributed by atoms with E-state index in [2.05, 4.69) is 5.16 Å². The summed E-state index contributed by atoms with van der Waals surface area (Å²) in [6.07, 6.45) is 0.464. The van der Waals surface area contributed by atoms with Crippen LogP contribution in [0.25, 0.3) is 11.3 Å². The van der Waals surface area contributed by atoms with Crippen molar-refractivity contribution >= 4 is 5.91 Å². The van der Waals surface area contributed by atoms with Crippen LogP contribution in [0.4, 0.5) is 0 Å². The summed E-state index contributed by atoms with van der Waals surface area (Å²) >= 11 is 0. The maximum Gasteiger partial charge on any atom is 0.292 e. The van der Waals surface area contributed by atoms with Gasteiger partial charge in [-0.05, 0) is 23.8 Å². The Morgan fingerprint density at radius 3 is 3.00 bits per heavy atom. The van der Waals surface area contributed by atoms with Crippen molar-refractivity contribution in [2.24, 2.45) is 0 Å². The predicted molar refractivity (Wildman–Crippen MR) is 73.0 cm³/mol. The zero-order valence-electron chi connectivity index (χ0n) is 11.3. The lowest BCUT2D eigenvalue weighted by atomic mass is 10.1. The van der Waals surface area contributed by atoms with Crippen molar-refractivity contribution in [1.82, 2.24) is 10.1 Å². The number of likely N-dealkylation sites (tertiary alicyclic amines) is 1. The van der Waals surface area contributed by atoms with Gasteiger partial charge in [0.2, 0.25) is 5.76 Å². The summed E-state index contributed by atoms with van der Waals surface area (Å²) in [7, 11) is 0. The van der Waals surface area contributed by atoms with Gasteiger partial charge >= 0.3 is 0 Å².